The molecule has 0 atom stereocenters. The Hall–Kier alpha value is -3.27. The molecular formula is C27H30N2O2. The number of aryl methyl sites for hydroxylation is 2. The molecule has 0 amide bonds. The lowest BCUT2D eigenvalue weighted by Crippen LogP contribution is -2.10. The number of ether oxygens (including phenoxy) is 2. The van der Waals surface area contributed by atoms with E-state index in [1.807, 2.05) is 36.4 Å². The summed E-state index contributed by atoms with van der Waals surface area (Å²) in [5.74, 6) is 3.22. The molecule has 31 heavy (non-hydrogen) atoms. The molecule has 0 aliphatic heterocycles. The van der Waals surface area contributed by atoms with Crippen LogP contribution < -0.4 is 9.47 Å². The number of aromatic nitrogens is 2. The molecule has 4 rings (SSSR count). The highest BCUT2D eigenvalue weighted by Gasteiger charge is 2.12. The molecule has 4 heteroatoms. The predicted octanol–water partition coefficient (Wildman–Crippen LogP) is 6.52. The van der Waals surface area contributed by atoms with E-state index in [1.165, 1.54) is 11.1 Å². The van der Waals surface area contributed by atoms with Crippen molar-refractivity contribution >= 4 is 11.0 Å². The third-order valence-electron chi connectivity index (χ3n) is 5.42. The van der Waals surface area contributed by atoms with Gasteiger partial charge < -0.3 is 14.0 Å². The van der Waals surface area contributed by atoms with Crippen LogP contribution in [0.1, 0.15) is 43.1 Å². The Kier molecular flexibility index (Phi) is 6.56. The van der Waals surface area contributed by atoms with Crippen LogP contribution in [0, 0.1) is 6.92 Å². The van der Waals surface area contributed by atoms with Gasteiger partial charge in [-0.1, -0.05) is 56.3 Å². The molecule has 0 N–H and O–H groups in total. The van der Waals surface area contributed by atoms with Crippen molar-refractivity contribution in [3.63, 3.8) is 0 Å². The topological polar surface area (TPSA) is 36.3 Å². The van der Waals surface area contributed by atoms with Gasteiger partial charge in [0.15, 0.2) is 0 Å². The van der Waals surface area contributed by atoms with Crippen molar-refractivity contribution in [2.24, 2.45) is 0 Å². The largest absolute Gasteiger partial charge is 0.493 e. The molecule has 3 aromatic carbocycles. The van der Waals surface area contributed by atoms with Gasteiger partial charge in [0.25, 0.3) is 0 Å². The molecule has 4 nitrogen and oxygen atoms in total. The number of nitrogens with zero attached hydrogens (tertiary/aromatic N) is 2. The van der Waals surface area contributed by atoms with Crippen LogP contribution in [0.3, 0.4) is 0 Å². The monoisotopic (exact) mass is 414 g/mol. The van der Waals surface area contributed by atoms with E-state index >= 15 is 0 Å². The van der Waals surface area contributed by atoms with E-state index < -0.39 is 0 Å². The average Bonchev–Trinajstić information content (AvgIpc) is 3.13. The van der Waals surface area contributed by atoms with Crippen molar-refractivity contribution in [2.45, 2.75) is 46.3 Å². The highest BCUT2D eigenvalue weighted by molar-refractivity contribution is 5.75. The van der Waals surface area contributed by atoms with Gasteiger partial charge in [0.05, 0.1) is 17.6 Å². The molecule has 0 saturated carbocycles. The highest BCUT2D eigenvalue weighted by Crippen LogP contribution is 2.27. The normalized spacial score (nSPS) is 11.2. The van der Waals surface area contributed by atoms with Crippen molar-refractivity contribution < 1.29 is 9.47 Å². The Morgan fingerprint density at radius 2 is 1.68 bits per heavy atom. The lowest BCUT2D eigenvalue weighted by atomic mass is 10.0. The average molecular weight is 415 g/mol. The van der Waals surface area contributed by atoms with E-state index in [1.54, 1.807) is 0 Å². The number of para-hydroxylation sites is 3. The molecule has 0 fully saturated rings. The zero-order valence-corrected chi connectivity index (χ0v) is 18.5. The summed E-state index contributed by atoms with van der Waals surface area (Å²) in [7, 11) is 0. The summed E-state index contributed by atoms with van der Waals surface area (Å²) < 4.78 is 14.4. The molecule has 0 saturated heterocycles. The van der Waals surface area contributed by atoms with E-state index in [4.69, 9.17) is 14.5 Å². The Bertz CT molecular complexity index is 1130. The van der Waals surface area contributed by atoms with Gasteiger partial charge in [-0.3, -0.25) is 0 Å². The smallest absolute Gasteiger partial charge is 0.147 e. The second-order valence-electron chi connectivity index (χ2n) is 8.17. The zero-order valence-electron chi connectivity index (χ0n) is 18.5. The van der Waals surface area contributed by atoms with Crippen molar-refractivity contribution in [1.29, 1.82) is 0 Å². The zero-order chi connectivity index (χ0) is 21.6. The van der Waals surface area contributed by atoms with Crippen molar-refractivity contribution in [2.75, 3.05) is 6.61 Å². The molecular weight excluding hydrogens is 384 g/mol. The van der Waals surface area contributed by atoms with Gasteiger partial charge in [0.2, 0.25) is 0 Å². The first-order chi connectivity index (χ1) is 15.1. The minimum absolute atomic E-state index is 0.439. The number of rotatable bonds is 9. The molecule has 160 valence electrons. The fourth-order valence-electron chi connectivity index (χ4n) is 3.80. The maximum absolute atomic E-state index is 6.19. The molecule has 0 aliphatic rings. The summed E-state index contributed by atoms with van der Waals surface area (Å²) in [5.41, 5.74) is 4.61. The van der Waals surface area contributed by atoms with Crippen LogP contribution >= 0.6 is 0 Å². The van der Waals surface area contributed by atoms with Crippen LogP contribution in [-0.4, -0.2) is 16.2 Å². The first kappa shape index (κ1) is 21.0. The van der Waals surface area contributed by atoms with Crippen LogP contribution in [0.15, 0.2) is 72.8 Å². The SMILES string of the molecule is Cc1ccc(C(C)C)c(OCCCn2c(COc3ccccc3)nc3ccccc32)c1. The maximum atomic E-state index is 6.19. The predicted molar refractivity (Wildman–Crippen MR) is 126 cm³/mol. The van der Waals surface area contributed by atoms with Gasteiger partial charge in [-0.25, -0.2) is 4.98 Å². The minimum atomic E-state index is 0.439. The molecule has 0 bridgehead atoms. The maximum Gasteiger partial charge on any atom is 0.147 e. The number of imidazole rings is 1. The quantitative estimate of drug-likeness (QED) is 0.293. The van der Waals surface area contributed by atoms with Crippen molar-refractivity contribution in [3.05, 3.63) is 89.7 Å². The van der Waals surface area contributed by atoms with Gasteiger partial charge >= 0.3 is 0 Å². The van der Waals surface area contributed by atoms with E-state index in [9.17, 15) is 0 Å². The molecule has 0 spiro atoms. The second kappa shape index (κ2) is 9.69. The Balaban J connectivity index is 1.45. The van der Waals surface area contributed by atoms with Gasteiger partial charge in [-0.05, 0) is 60.7 Å². The van der Waals surface area contributed by atoms with Crippen molar-refractivity contribution in [1.82, 2.24) is 9.55 Å². The summed E-state index contributed by atoms with van der Waals surface area (Å²) in [6, 6.07) is 24.6. The fraction of sp³-hybridized carbons (Fsp3) is 0.296. The van der Waals surface area contributed by atoms with Gasteiger partial charge in [-0.2, -0.15) is 0 Å². The fourth-order valence-corrected chi connectivity index (χ4v) is 3.80. The Morgan fingerprint density at radius 3 is 2.48 bits per heavy atom. The van der Waals surface area contributed by atoms with Crippen LogP contribution in [0.25, 0.3) is 11.0 Å². The van der Waals surface area contributed by atoms with E-state index in [0.717, 1.165) is 41.3 Å². The summed E-state index contributed by atoms with van der Waals surface area (Å²) in [6.07, 6.45) is 0.893. The number of fused-ring (bicyclic) bond motifs is 1. The molecule has 0 aliphatic carbocycles. The summed E-state index contributed by atoms with van der Waals surface area (Å²) in [4.78, 5) is 4.81. The van der Waals surface area contributed by atoms with Crippen LogP contribution in [0.4, 0.5) is 0 Å². The third kappa shape index (κ3) is 5.08. The first-order valence-corrected chi connectivity index (χ1v) is 11.0. The van der Waals surface area contributed by atoms with Crippen LogP contribution in [-0.2, 0) is 13.2 Å². The Labute approximate surface area is 184 Å². The molecule has 1 heterocycles. The number of benzene rings is 3. The minimum Gasteiger partial charge on any atom is -0.493 e. The highest BCUT2D eigenvalue weighted by atomic mass is 16.5. The van der Waals surface area contributed by atoms with Crippen LogP contribution in [0.2, 0.25) is 0 Å². The summed E-state index contributed by atoms with van der Waals surface area (Å²) in [5, 5.41) is 0. The van der Waals surface area contributed by atoms with E-state index in [-0.39, 0.29) is 0 Å². The molecule has 0 radical (unpaired) electrons. The second-order valence-corrected chi connectivity index (χ2v) is 8.17. The van der Waals surface area contributed by atoms with Crippen LogP contribution in [0.5, 0.6) is 11.5 Å². The summed E-state index contributed by atoms with van der Waals surface area (Å²) in [6.45, 7) is 8.44. The number of hydrogen-bond donors (Lipinski definition) is 0. The molecule has 4 aromatic rings. The third-order valence-corrected chi connectivity index (χ3v) is 5.42. The number of hydrogen-bond acceptors (Lipinski definition) is 3. The van der Waals surface area contributed by atoms with Gasteiger partial charge in [0.1, 0.15) is 23.9 Å². The summed E-state index contributed by atoms with van der Waals surface area (Å²) >= 11 is 0. The van der Waals surface area contributed by atoms with Gasteiger partial charge in [-0.15, -0.1) is 0 Å². The van der Waals surface area contributed by atoms with E-state index in [0.29, 0.717) is 19.1 Å². The standard InChI is InChI=1S/C27H30N2O2/c1-20(2)23-15-14-21(3)18-26(23)30-17-9-16-29-25-13-8-7-12-24(25)28-27(29)19-31-22-10-5-4-6-11-22/h4-8,10-15,18,20H,9,16-17,19H2,1-3H3. The van der Waals surface area contributed by atoms with Gasteiger partial charge in [0, 0.05) is 6.54 Å². The van der Waals surface area contributed by atoms with E-state index in [2.05, 4.69) is 61.7 Å². The molecule has 1 aromatic heterocycles. The van der Waals surface area contributed by atoms with Crippen molar-refractivity contribution in [3.8, 4) is 11.5 Å². The molecule has 0 unspecified atom stereocenters. The Morgan fingerprint density at radius 1 is 0.903 bits per heavy atom. The first-order valence-electron chi connectivity index (χ1n) is 11.0. The lowest BCUT2D eigenvalue weighted by Gasteiger charge is -2.15. The lowest BCUT2D eigenvalue weighted by molar-refractivity contribution is 0.279.